The number of halogens is 1. The van der Waals surface area contributed by atoms with Gasteiger partial charge in [-0.15, -0.1) is 0 Å². The number of aryl methyl sites for hydroxylation is 1. The van der Waals surface area contributed by atoms with Gasteiger partial charge in [0.05, 0.1) is 11.9 Å². The SMILES string of the molecule is CNC(C)c1ccc(Oc2ccc(Cl)cc2C)cn1. The van der Waals surface area contributed by atoms with Crippen LogP contribution in [0.15, 0.2) is 36.5 Å². The van der Waals surface area contributed by atoms with E-state index in [0.29, 0.717) is 5.02 Å². The van der Waals surface area contributed by atoms with Crippen molar-refractivity contribution in [1.82, 2.24) is 10.3 Å². The lowest BCUT2D eigenvalue weighted by Gasteiger charge is -2.11. The Morgan fingerprint density at radius 3 is 2.63 bits per heavy atom. The van der Waals surface area contributed by atoms with Crippen molar-refractivity contribution < 1.29 is 4.74 Å². The number of nitrogens with one attached hydrogen (secondary N) is 1. The van der Waals surface area contributed by atoms with Crippen LogP contribution in [0, 0.1) is 6.92 Å². The maximum atomic E-state index is 5.92. The van der Waals surface area contributed by atoms with E-state index in [0.717, 1.165) is 22.8 Å². The van der Waals surface area contributed by atoms with E-state index in [2.05, 4.69) is 17.2 Å². The van der Waals surface area contributed by atoms with Crippen LogP contribution >= 0.6 is 11.6 Å². The molecule has 0 aliphatic rings. The molecule has 2 rings (SSSR count). The summed E-state index contributed by atoms with van der Waals surface area (Å²) in [6.07, 6.45) is 1.73. The second-order valence-corrected chi connectivity index (χ2v) is 4.88. The smallest absolute Gasteiger partial charge is 0.145 e. The van der Waals surface area contributed by atoms with Crippen LogP contribution < -0.4 is 10.1 Å². The van der Waals surface area contributed by atoms with Gasteiger partial charge in [-0.1, -0.05) is 11.6 Å². The summed E-state index contributed by atoms with van der Waals surface area (Å²) in [5.41, 5.74) is 1.99. The van der Waals surface area contributed by atoms with E-state index < -0.39 is 0 Å². The normalized spacial score (nSPS) is 12.2. The van der Waals surface area contributed by atoms with Crippen LogP contribution in [0.5, 0.6) is 11.5 Å². The third-order valence-electron chi connectivity index (χ3n) is 3.00. The lowest BCUT2D eigenvalue weighted by molar-refractivity contribution is 0.475. The topological polar surface area (TPSA) is 34.1 Å². The summed E-state index contributed by atoms with van der Waals surface area (Å²) in [6, 6.07) is 9.66. The number of pyridine rings is 1. The zero-order valence-electron chi connectivity index (χ0n) is 11.3. The van der Waals surface area contributed by atoms with Gasteiger partial charge in [-0.05, 0) is 56.8 Å². The van der Waals surface area contributed by atoms with Gasteiger partial charge < -0.3 is 10.1 Å². The molecule has 1 unspecified atom stereocenters. The summed E-state index contributed by atoms with van der Waals surface area (Å²) in [5, 5.41) is 3.86. The van der Waals surface area contributed by atoms with Crippen LogP contribution in [0.1, 0.15) is 24.2 Å². The highest BCUT2D eigenvalue weighted by Crippen LogP contribution is 2.27. The van der Waals surface area contributed by atoms with Crippen molar-refractivity contribution in [3.8, 4) is 11.5 Å². The van der Waals surface area contributed by atoms with Gasteiger partial charge in [0, 0.05) is 11.1 Å². The first-order chi connectivity index (χ1) is 9.10. The molecule has 0 aliphatic carbocycles. The monoisotopic (exact) mass is 276 g/mol. The molecule has 2 aromatic rings. The first-order valence-corrected chi connectivity index (χ1v) is 6.55. The third-order valence-corrected chi connectivity index (χ3v) is 3.24. The highest BCUT2D eigenvalue weighted by Gasteiger charge is 2.06. The van der Waals surface area contributed by atoms with Crippen LogP contribution in [0.25, 0.3) is 0 Å². The summed E-state index contributed by atoms with van der Waals surface area (Å²) in [5.74, 6) is 1.51. The van der Waals surface area contributed by atoms with E-state index in [-0.39, 0.29) is 6.04 Å². The first kappa shape index (κ1) is 13.8. The second-order valence-electron chi connectivity index (χ2n) is 4.44. The van der Waals surface area contributed by atoms with Crippen LogP contribution in [0.2, 0.25) is 5.02 Å². The van der Waals surface area contributed by atoms with Gasteiger partial charge >= 0.3 is 0 Å². The fraction of sp³-hybridized carbons (Fsp3) is 0.267. The van der Waals surface area contributed by atoms with Crippen molar-refractivity contribution in [3.63, 3.8) is 0 Å². The number of benzene rings is 1. The predicted octanol–water partition coefficient (Wildman–Crippen LogP) is 4.12. The van der Waals surface area contributed by atoms with E-state index >= 15 is 0 Å². The van der Waals surface area contributed by atoms with Gasteiger partial charge in [0.25, 0.3) is 0 Å². The van der Waals surface area contributed by atoms with Gasteiger partial charge in [0.1, 0.15) is 11.5 Å². The Kier molecular flexibility index (Phi) is 4.40. The maximum Gasteiger partial charge on any atom is 0.145 e. The van der Waals surface area contributed by atoms with Crippen molar-refractivity contribution in [2.45, 2.75) is 19.9 Å². The fourth-order valence-electron chi connectivity index (χ4n) is 1.71. The molecule has 0 bridgehead atoms. The Morgan fingerprint density at radius 1 is 1.26 bits per heavy atom. The zero-order valence-corrected chi connectivity index (χ0v) is 12.0. The molecule has 0 saturated heterocycles. The molecule has 19 heavy (non-hydrogen) atoms. The molecule has 1 atom stereocenters. The second kappa shape index (κ2) is 6.04. The maximum absolute atomic E-state index is 5.92. The average Bonchev–Trinajstić information content (AvgIpc) is 2.42. The number of nitrogens with zero attached hydrogens (tertiary/aromatic N) is 1. The van der Waals surface area contributed by atoms with Gasteiger partial charge in [0.2, 0.25) is 0 Å². The average molecular weight is 277 g/mol. The highest BCUT2D eigenvalue weighted by atomic mass is 35.5. The van der Waals surface area contributed by atoms with E-state index in [9.17, 15) is 0 Å². The van der Waals surface area contributed by atoms with Gasteiger partial charge in [-0.3, -0.25) is 4.98 Å². The molecule has 0 spiro atoms. The highest BCUT2D eigenvalue weighted by molar-refractivity contribution is 6.30. The molecule has 1 aromatic heterocycles. The minimum absolute atomic E-state index is 0.228. The van der Waals surface area contributed by atoms with Crippen LogP contribution in [-0.2, 0) is 0 Å². The lowest BCUT2D eigenvalue weighted by atomic mass is 10.2. The predicted molar refractivity (Wildman–Crippen MR) is 78.0 cm³/mol. The molecule has 0 amide bonds. The molecular weight excluding hydrogens is 260 g/mol. The molecule has 4 heteroatoms. The van der Waals surface area contributed by atoms with Gasteiger partial charge in [-0.25, -0.2) is 0 Å². The lowest BCUT2D eigenvalue weighted by Crippen LogP contribution is -2.13. The summed E-state index contributed by atoms with van der Waals surface area (Å²) in [6.45, 7) is 4.03. The number of rotatable bonds is 4. The molecule has 1 aromatic carbocycles. The third kappa shape index (κ3) is 3.46. The van der Waals surface area contributed by atoms with E-state index in [1.165, 1.54) is 0 Å². The molecule has 0 saturated carbocycles. The molecule has 0 aliphatic heterocycles. The number of hydrogen-bond donors (Lipinski definition) is 1. The molecule has 0 fully saturated rings. The van der Waals surface area contributed by atoms with Crippen molar-refractivity contribution >= 4 is 11.6 Å². The molecule has 0 radical (unpaired) electrons. The van der Waals surface area contributed by atoms with Crippen LogP contribution in [-0.4, -0.2) is 12.0 Å². The summed E-state index contributed by atoms with van der Waals surface area (Å²) in [7, 11) is 1.91. The fourth-order valence-corrected chi connectivity index (χ4v) is 1.94. The quantitative estimate of drug-likeness (QED) is 0.912. The first-order valence-electron chi connectivity index (χ1n) is 6.17. The van der Waals surface area contributed by atoms with E-state index in [1.807, 2.05) is 44.3 Å². The van der Waals surface area contributed by atoms with E-state index in [1.54, 1.807) is 6.20 Å². The Morgan fingerprint density at radius 2 is 2.05 bits per heavy atom. The molecule has 100 valence electrons. The summed E-state index contributed by atoms with van der Waals surface area (Å²) >= 11 is 5.92. The number of aromatic nitrogens is 1. The van der Waals surface area contributed by atoms with Gasteiger partial charge in [0.15, 0.2) is 0 Å². The van der Waals surface area contributed by atoms with E-state index in [4.69, 9.17) is 16.3 Å². The van der Waals surface area contributed by atoms with Crippen molar-refractivity contribution in [2.75, 3.05) is 7.05 Å². The molecular formula is C15H17ClN2O. The van der Waals surface area contributed by atoms with Crippen molar-refractivity contribution in [3.05, 3.63) is 52.8 Å². The number of hydrogen-bond acceptors (Lipinski definition) is 3. The van der Waals surface area contributed by atoms with Crippen LogP contribution in [0.3, 0.4) is 0 Å². The largest absolute Gasteiger partial charge is 0.455 e. The Labute approximate surface area is 118 Å². The molecule has 1 N–H and O–H groups in total. The summed E-state index contributed by atoms with van der Waals surface area (Å²) in [4.78, 5) is 4.38. The minimum Gasteiger partial charge on any atom is -0.455 e. The van der Waals surface area contributed by atoms with Crippen molar-refractivity contribution in [2.24, 2.45) is 0 Å². The van der Waals surface area contributed by atoms with Crippen LogP contribution in [0.4, 0.5) is 0 Å². The number of ether oxygens (including phenoxy) is 1. The molecule has 1 heterocycles. The standard InChI is InChI=1S/C15H17ClN2O/c1-10-8-12(16)4-7-15(10)19-13-5-6-14(18-9-13)11(2)17-3/h4-9,11,17H,1-3H3. The Hall–Kier alpha value is -1.58. The zero-order chi connectivity index (χ0) is 13.8. The molecule has 3 nitrogen and oxygen atoms in total. The summed E-state index contributed by atoms with van der Waals surface area (Å²) < 4.78 is 5.79. The Bertz CT molecular complexity index is 555. The van der Waals surface area contributed by atoms with Gasteiger partial charge in [-0.2, -0.15) is 0 Å². The van der Waals surface area contributed by atoms with Crippen molar-refractivity contribution in [1.29, 1.82) is 0 Å². The Balaban J connectivity index is 2.15. The minimum atomic E-state index is 0.228.